The lowest BCUT2D eigenvalue weighted by atomic mass is 9.97. The van der Waals surface area contributed by atoms with Gasteiger partial charge in [-0.15, -0.1) is 11.3 Å². The molecule has 2 aliphatic rings. The van der Waals surface area contributed by atoms with Gasteiger partial charge in [0.05, 0.1) is 15.2 Å². The van der Waals surface area contributed by atoms with Gasteiger partial charge in [0, 0.05) is 49.1 Å². The summed E-state index contributed by atoms with van der Waals surface area (Å²) in [6.07, 6.45) is 3.44. The smallest absolute Gasteiger partial charge is 0.253 e. The Hall–Kier alpha value is -2.44. The maximum Gasteiger partial charge on any atom is 0.253 e. The van der Waals surface area contributed by atoms with E-state index in [9.17, 15) is 9.59 Å². The third kappa shape index (κ3) is 4.32. The molecule has 5 rings (SSSR count). The zero-order valence-electron chi connectivity index (χ0n) is 17.2. The van der Waals surface area contributed by atoms with Crippen LogP contribution in [0.4, 0.5) is 0 Å². The molecule has 160 valence electrons. The van der Waals surface area contributed by atoms with Crippen LogP contribution in [0.15, 0.2) is 42.5 Å². The molecule has 2 amide bonds. The third-order valence-corrected chi connectivity index (χ3v) is 7.68. The quantitative estimate of drug-likeness (QED) is 0.552. The Kier molecular flexibility index (Phi) is 5.67. The number of hydrogen-bond acceptors (Lipinski definition) is 4. The van der Waals surface area contributed by atoms with Gasteiger partial charge in [-0.3, -0.25) is 9.59 Å². The molecule has 0 aliphatic carbocycles. The van der Waals surface area contributed by atoms with Crippen molar-refractivity contribution in [3.63, 3.8) is 0 Å². The molecule has 0 radical (unpaired) electrons. The second kappa shape index (κ2) is 8.60. The molecule has 0 saturated carbocycles. The standard InChI is InChI=1S/C24H24ClN3O2S/c25-19-7-8-21-20(14-19)26-23(31-21)17-9-12-27(13-10-17)24(30)18-5-3-16(4-6-18)15-28-11-1-2-22(28)29/h3-8,14,17H,1-2,9-13,15H2. The summed E-state index contributed by atoms with van der Waals surface area (Å²) in [6, 6.07) is 13.6. The number of nitrogens with zero attached hydrogens (tertiary/aromatic N) is 3. The molecule has 3 heterocycles. The van der Waals surface area contributed by atoms with Crippen molar-refractivity contribution in [1.29, 1.82) is 0 Å². The average Bonchev–Trinajstić information content (AvgIpc) is 3.39. The molecule has 0 N–H and O–H groups in total. The van der Waals surface area contributed by atoms with Gasteiger partial charge in [0.25, 0.3) is 5.91 Å². The molecule has 5 nitrogen and oxygen atoms in total. The Bertz CT molecular complexity index is 1120. The van der Waals surface area contributed by atoms with E-state index in [1.807, 2.05) is 52.3 Å². The SMILES string of the molecule is O=C1CCCN1Cc1ccc(C(=O)N2CCC(c3nc4cc(Cl)ccc4s3)CC2)cc1. The first-order valence-corrected chi connectivity index (χ1v) is 12.0. The Morgan fingerprint density at radius 2 is 1.87 bits per heavy atom. The second-order valence-corrected chi connectivity index (χ2v) is 9.85. The van der Waals surface area contributed by atoms with Crippen molar-refractivity contribution in [2.45, 2.75) is 38.1 Å². The number of carbonyl (C=O) groups is 2. The van der Waals surface area contributed by atoms with Crippen LogP contribution in [0.5, 0.6) is 0 Å². The molecule has 2 aliphatic heterocycles. The van der Waals surface area contributed by atoms with E-state index in [4.69, 9.17) is 16.6 Å². The molecule has 1 aromatic heterocycles. The van der Waals surface area contributed by atoms with Gasteiger partial charge in [-0.1, -0.05) is 23.7 Å². The summed E-state index contributed by atoms with van der Waals surface area (Å²) in [5.41, 5.74) is 2.74. The number of halogens is 1. The van der Waals surface area contributed by atoms with Crippen LogP contribution in [0, 0.1) is 0 Å². The highest BCUT2D eigenvalue weighted by atomic mass is 35.5. The highest BCUT2D eigenvalue weighted by Crippen LogP contribution is 2.35. The van der Waals surface area contributed by atoms with E-state index in [0.29, 0.717) is 29.5 Å². The lowest BCUT2D eigenvalue weighted by Gasteiger charge is -2.31. The molecule has 7 heteroatoms. The molecule has 0 atom stereocenters. The van der Waals surface area contributed by atoms with Crippen LogP contribution in [0.1, 0.15) is 52.5 Å². The molecule has 3 aromatic rings. The summed E-state index contributed by atoms with van der Waals surface area (Å²) in [5.74, 6) is 0.693. The molecule has 2 saturated heterocycles. The fraction of sp³-hybridized carbons (Fsp3) is 0.375. The summed E-state index contributed by atoms with van der Waals surface area (Å²) >= 11 is 7.82. The highest BCUT2D eigenvalue weighted by Gasteiger charge is 2.27. The summed E-state index contributed by atoms with van der Waals surface area (Å²) in [7, 11) is 0. The van der Waals surface area contributed by atoms with E-state index in [2.05, 4.69) is 0 Å². The van der Waals surface area contributed by atoms with E-state index in [1.165, 1.54) is 0 Å². The Balaban J connectivity index is 1.20. The third-order valence-electron chi connectivity index (χ3n) is 6.24. The summed E-state index contributed by atoms with van der Waals surface area (Å²) in [4.78, 5) is 33.4. The topological polar surface area (TPSA) is 53.5 Å². The number of likely N-dealkylation sites (tertiary alicyclic amines) is 2. The number of thiazole rings is 1. The number of aromatic nitrogens is 1. The van der Waals surface area contributed by atoms with Crippen LogP contribution >= 0.6 is 22.9 Å². The Morgan fingerprint density at radius 3 is 2.58 bits per heavy atom. The van der Waals surface area contributed by atoms with Crippen molar-refractivity contribution in [3.05, 3.63) is 63.6 Å². The molecule has 2 aromatic carbocycles. The zero-order chi connectivity index (χ0) is 21.4. The second-order valence-electron chi connectivity index (χ2n) is 8.35. The van der Waals surface area contributed by atoms with E-state index in [1.54, 1.807) is 11.3 Å². The number of fused-ring (bicyclic) bond motifs is 1. The first kappa shape index (κ1) is 20.5. The molecular formula is C24H24ClN3O2S. The first-order valence-electron chi connectivity index (χ1n) is 10.8. The molecule has 0 bridgehead atoms. The highest BCUT2D eigenvalue weighted by molar-refractivity contribution is 7.18. The minimum atomic E-state index is 0.0818. The van der Waals surface area contributed by atoms with Crippen molar-refractivity contribution >= 4 is 45.0 Å². The largest absolute Gasteiger partial charge is 0.339 e. The summed E-state index contributed by atoms with van der Waals surface area (Å²) in [6.45, 7) is 2.94. The van der Waals surface area contributed by atoms with E-state index in [-0.39, 0.29) is 11.8 Å². The molecule has 0 unspecified atom stereocenters. The van der Waals surface area contributed by atoms with Gasteiger partial charge in [0.2, 0.25) is 5.91 Å². The van der Waals surface area contributed by atoms with Crippen molar-refractivity contribution < 1.29 is 9.59 Å². The predicted molar refractivity (Wildman–Crippen MR) is 124 cm³/mol. The summed E-state index contributed by atoms with van der Waals surface area (Å²) < 4.78 is 1.16. The number of hydrogen-bond donors (Lipinski definition) is 0. The molecule has 0 spiro atoms. The first-order chi connectivity index (χ1) is 15.1. The van der Waals surface area contributed by atoms with E-state index >= 15 is 0 Å². The maximum absolute atomic E-state index is 13.0. The number of carbonyl (C=O) groups excluding carboxylic acids is 2. The number of piperidine rings is 1. The molecule has 2 fully saturated rings. The van der Waals surface area contributed by atoms with Gasteiger partial charge < -0.3 is 9.80 Å². The average molecular weight is 454 g/mol. The van der Waals surface area contributed by atoms with Gasteiger partial charge in [0.15, 0.2) is 0 Å². The lowest BCUT2D eigenvalue weighted by Crippen LogP contribution is -2.37. The van der Waals surface area contributed by atoms with Crippen LogP contribution < -0.4 is 0 Å². The summed E-state index contributed by atoms with van der Waals surface area (Å²) in [5, 5.41) is 1.85. The van der Waals surface area contributed by atoms with Crippen molar-refractivity contribution in [2.24, 2.45) is 0 Å². The van der Waals surface area contributed by atoms with Gasteiger partial charge in [-0.2, -0.15) is 0 Å². The fourth-order valence-corrected chi connectivity index (χ4v) is 5.73. The van der Waals surface area contributed by atoms with Crippen LogP contribution in [0.2, 0.25) is 5.02 Å². The normalized spacial score (nSPS) is 17.6. The van der Waals surface area contributed by atoms with Gasteiger partial charge in [0.1, 0.15) is 0 Å². The minimum Gasteiger partial charge on any atom is -0.339 e. The Labute approximate surface area is 190 Å². The monoisotopic (exact) mass is 453 g/mol. The van der Waals surface area contributed by atoms with Gasteiger partial charge in [-0.25, -0.2) is 4.98 Å². The lowest BCUT2D eigenvalue weighted by molar-refractivity contribution is -0.128. The number of benzene rings is 2. The maximum atomic E-state index is 13.0. The zero-order valence-corrected chi connectivity index (χ0v) is 18.8. The fourth-order valence-electron chi connectivity index (χ4n) is 4.45. The minimum absolute atomic E-state index is 0.0818. The molecule has 31 heavy (non-hydrogen) atoms. The van der Waals surface area contributed by atoms with Crippen molar-refractivity contribution in [3.8, 4) is 0 Å². The van der Waals surface area contributed by atoms with Crippen LogP contribution in [0.25, 0.3) is 10.2 Å². The van der Waals surface area contributed by atoms with Crippen LogP contribution in [-0.2, 0) is 11.3 Å². The van der Waals surface area contributed by atoms with Crippen LogP contribution in [-0.4, -0.2) is 46.2 Å². The molecular weight excluding hydrogens is 430 g/mol. The van der Waals surface area contributed by atoms with Gasteiger partial charge in [-0.05, 0) is 55.2 Å². The van der Waals surface area contributed by atoms with Crippen molar-refractivity contribution in [1.82, 2.24) is 14.8 Å². The van der Waals surface area contributed by atoms with E-state index in [0.717, 1.165) is 59.7 Å². The number of amides is 2. The van der Waals surface area contributed by atoms with E-state index < -0.39 is 0 Å². The van der Waals surface area contributed by atoms with Gasteiger partial charge >= 0.3 is 0 Å². The predicted octanol–water partition coefficient (Wildman–Crippen LogP) is 5.09. The Morgan fingerprint density at radius 1 is 1.10 bits per heavy atom. The van der Waals surface area contributed by atoms with Crippen molar-refractivity contribution in [2.75, 3.05) is 19.6 Å². The number of rotatable bonds is 4. The van der Waals surface area contributed by atoms with Crippen LogP contribution in [0.3, 0.4) is 0 Å².